The van der Waals surface area contributed by atoms with Crippen LogP contribution in [-0.2, 0) is 16.7 Å². The van der Waals surface area contributed by atoms with Gasteiger partial charge in [-0.15, -0.1) is 0 Å². The fraction of sp³-hybridized carbons (Fsp3) is 0.520. The molecule has 2 aromatic carbocycles. The molecule has 0 unspecified atom stereocenters. The molecule has 3 rings (SSSR count). The van der Waals surface area contributed by atoms with Crippen molar-refractivity contribution in [3.05, 3.63) is 59.7 Å². The molecule has 1 fully saturated rings. The topological polar surface area (TPSA) is 38.3 Å². The van der Waals surface area contributed by atoms with Crippen molar-refractivity contribution in [2.24, 2.45) is 0 Å². The molecule has 2 aromatic rings. The van der Waals surface area contributed by atoms with Crippen LogP contribution in [0.1, 0.15) is 44.2 Å². The van der Waals surface area contributed by atoms with Crippen LogP contribution in [0.25, 0.3) is 0 Å². The van der Waals surface area contributed by atoms with Crippen LogP contribution in [0.4, 0.5) is 5.69 Å². The average molecular weight is 398 g/mol. The predicted molar refractivity (Wildman–Crippen MR) is 120 cm³/mol. The number of rotatable bonds is 8. The summed E-state index contributed by atoms with van der Waals surface area (Å²) in [7, 11) is 5.88. The lowest BCUT2D eigenvalue weighted by molar-refractivity contribution is -0.672. The van der Waals surface area contributed by atoms with E-state index in [4.69, 9.17) is 9.47 Å². The summed E-state index contributed by atoms with van der Waals surface area (Å²) < 4.78 is 11.4. The third-order valence-corrected chi connectivity index (χ3v) is 6.20. The number of ether oxygens (including phenoxy) is 2. The lowest BCUT2D eigenvalue weighted by atomic mass is 9.67. The maximum absolute atomic E-state index is 6.05. The third-order valence-electron chi connectivity index (χ3n) is 6.20. The Bertz CT molecular complexity index is 768. The molecule has 1 saturated heterocycles. The number of methoxy groups -OCH3 is 1. The Hall–Kier alpha value is -2.04. The molecule has 0 amide bonds. The van der Waals surface area contributed by atoms with Crippen molar-refractivity contribution >= 4 is 5.69 Å². The first-order valence-corrected chi connectivity index (χ1v) is 10.7. The van der Waals surface area contributed by atoms with Crippen molar-refractivity contribution in [3.63, 3.8) is 0 Å². The van der Waals surface area contributed by atoms with Gasteiger partial charge in [0, 0.05) is 43.8 Å². The molecular weight excluding hydrogens is 360 g/mol. The lowest BCUT2D eigenvalue weighted by Gasteiger charge is -2.45. The van der Waals surface area contributed by atoms with Gasteiger partial charge in [-0.05, 0) is 56.5 Å². The second-order valence-electron chi connectivity index (χ2n) is 9.14. The van der Waals surface area contributed by atoms with Gasteiger partial charge in [-0.25, -0.2) is 0 Å². The van der Waals surface area contributed by atoms with Crippen LogP contribution in [0.2, 0.25) is 0 Å². The van der Waals surface area contributed by atoms with E-state index >= 15 is 0 Å². The van der Waals surface area contributed by atoms with Gasteiger partial charge in [-0.1, -0.05) is 24.3 Å². The summed E-state index contributed by atoms with van der Waals surface area (Å²) in [6, 6.07) is 17.6. The van der Waals surface area contributed by atoms with E-state index in [1.54, 1.807) is 7.11 Å². The molecule has 0 radical (unpaired) electrons. The Labute approximate surface area is 176 Å². The molecule has 0 bridgehead atoms. The summed E-state index contributed by atoms with van der Waals surface area (Å²) in [5, 5.41) is 2.44. The zero-order valence-corrected chi connectivity index (χ0v) is 18.7. The van der Waals surface area contributed by atoms with E-state index in [9.17, 15) is 0 Å². The Morgan fingerprint density at radius 2 is 1.72 bits per heavy atom. The zero-order valence-electron chi connectivity index (χ0n) is 18.7. The quantitative estimate of drug-likeness (QED) is 0.690. The van der Waals surface area contributed by atoms with Crippen LogP contribution in [0.5, 0.6) is 5.75 Å². The number of hydrogen-bond acceptors (Lipinski definition) is 3. The van der Waals surface area contributed by atoms with E-state index in [-0.39, 0.29) is 11.0 Å². The maximum Gasteiger partial charge on any atom is 0.118 e. The average Bonchev–Trinajstić information content (AvgIpc) is 2.71. The largest absolute Gasteiger partial charge is 0.497 e. The van der Waals surface area contributed by atoms with Crippen molar-refractivity contribution in [1.82, 2.24) is 0 Å². The molecule has 1 heterocycles. The molecule has 2 N–H and O–H groups in total. The summed E-state index contributed by atoms with van der Waals surface area (Å²) in [5.41, 5.74) is 4.12. The number of benzene rings is 2. The number of nitrogens with zero attached hydrogens (tertiary/aromatic N) is 1. The van der Waals surface area contributed by atoms with Crippen molar-refractivity contribution in [2.45, 2.75) is 50.7 Å². The van der Waals surface area contributed by atoms with E-state index in [2.05, 4.69) is 86.7 Å². The molecule has 0 spiro atoms. The number of hydrogen-bond donors (Lipinski definition) is 1. The highest BCUT2D eigenvalue weighted by Gasteiger charge is 2.42. The van der Waals surface area contributed by atoms with Gasteiger partial charge in [-0.3, -0.25) is 0 Å². The molecule has 0 aliphatic carbocycles. The second kappa shape index (κ2) is 9.19. The highest BCUT2D eigenvalue weighted by atomic mass is 16.5. The van der Waals surface area contributed by atoms with Crippen LogP contribution in [0.3, 0.4) is 0 Å². The van der Waals surface area contributed by atoms with Crippen molar-refractivity contribution in [2.75, 3.05) is 39.3 Å². The number of nitrogens with two attached hydrogens (primary N) is 1. The maximum atomic E-state index is 6.05. The van der Waals surface area contributed by atoms with Crippen molar-refractivity contribution in [1.29, 1.82) is 0 Å². The molecule has 0 aromatic heterocycles. The molecule has 158 valence electrons. The fourth-order valence-corrected chi connectivity index (χ4v) is 4.60. The molecule has 29 heavy (non-hydrogen) atoms. The summed E-state index contributed by atoms with van der Waals surface area (Å²) in [5.74, 6) is 0.919. The lowest BCUT2D eigenvalue weighted by Crippen LogP contribution is -2.83. The van der Waals surface area contributed by atoms with E-state index < -0.39 is 0 Å². The van der Waals surface area contributed by atoms with Crippen LogP contribution < -0.4 is 15.0 Å². The Morgan fingerprint density at radius 1 is 1.03 bits per heavy atom. The van der Waals surface area contributed by atoms with Gasteiger partial charge >= 0.3 is 0 Å². The van der Waals surface area contributed by atoms with E-state index in [1.165, 1.54) is 16.8 Å². The fourth-order valence-electron chi connectivity index (χ4n) is 4.60. The highest BCUT2D eigenvalue weighted by Crippen LogP contribution is 2.44. The van der Waals surface area contributed by atoms with Gasteiger partial charge in [0.2, 0.25) is 0 Å². The van der Waals surface area contributed by atoms with Crippen LogP contribution in [0, 0.1) is 0 Å². The van der Waals surface area contributed by atoms with Crippen LogP contribution in [0.15, 0.2) is 48.5 Å². The normalized spacial score (nSPS) is 21.0. The minimum atomic E-state index is -0.0831. The first-order valence-electron chi connectivity index (χ1n) is 10.7. The molecule has 1 atom stereocenters. The number of anilines is 1. The zero-order chi connectivity index (χ0) is 20.9. The minimum absolute atomic E-state index is 0.0831. The Morgan fingerprint density at radius 3 is 2.31 bits per heavy atom. The first kappa shape index (κ1) is 21.7. The molecule has 4 nitrogen and oxygen atoms in total. The summed E-state index contributed by atoms with van der Waals surface area (Å²) in [6.07, 6.45) is 3.29. The smallest absolute Gasteiger partial charge is 0.118 e. The van der Waals surface area contributed by atoms with E-state index in [0.29, 0.717) is 0 Å². The van der Waals surface area contributed by atoms with Crippen molar-refractivity contribution < 1.29 is 14.8 Å². The highest BCUT2D eigenvalue weighted by molar-refractivity contribution is 5.45. The Kier molecular flexibility index (Phi) is 6.86. The predicted octanol–water partition coefficient (Wildman–Crippen LogP) is 3.74. The monoisotopic (exact) mass is 397 g/mol. The minimum Gasteiger partial charge on any atom is -0.497 e. The standard InChI is InChI=1S/C25H36N2O2/c1-24(2)19-25(15-17-29-24,21-8-12-23(28-5)13-9-21)14-16-26-18-20-6-10-22(11-7-20)27(3)4/h6-13,26H,14-19H2,1-5H3/p+1/t25-/m0/s1. The Balaban J connectivity index is 1.65. The first-order chi connectivity index (χ1) is 13.8. The number of quaternary nitrogens is 1. The van der Waals surface area contributed by atoms with E-state index in [0.717, 1.165) is 44.7 Å². The molecule has 1 aliphatic heterocycles. The molecular formula is C25H37N2O2+. The van der Waals surface area contributed by atoms with Crippen molar-refractivity contribution in [3.8, 4) is 5.75 Å². The summed E-state index contributed by atoms with van der Waals surface area (Å²) >= 11 is 0. The summed E-state index contributed by atoms with van der Waals surface area (Å²) in [4.78, 5) is 2.14. The summed E-state index contributed by atoms with van der Waals surface area (Å²) in [6.45, 7) is 7.40. The van der Waals surface area contributed by atoms with Gasteiger partial charge in [0.05, 0.1) is 19.3 Å². The molecule has 0 saturated carbocycles. The van der Waals surface area contributed by atoms with Gasteiger partial charge in [-0.2, -0.15) is 0 Å². The van der Waals surface area contributed by atoms with Gasteiger partial charge in [0.25, 0.3) is 0 Å². The van der Waals surface area contributed by atoms with Crippen LogP contribution >= 0.6 is 0 Å². The van der Waals surface area contributed by atoms with Gasteiger partial charge in [0.15, 0.2) is 0 Å². The van der Waals surface area contributed by atoms with Gasteiger partial charge < -0.3 is 19.7 Å². The van der Waals surface area contributed by atoms with E-state index in [1.807, 2.05) is 0 Å². The molecule has 4 heteroatoms. The third kappa shape index (κ3) is 5.52. The second-order valence-corrected chi connectivity index (χ2v) is 9.14. The van der Waals surface area contributed by atoms with Gasteiger partial charge in [0.1, 0.15) is 12.3 Å². The SMILES string of the molecule is COc1ccc([C@@]2(CC[NH2+]Cc3ccc(N(C)C)cc3)CCOC(C)(C)C2)cc1. The molecule has 1 aliphatic rings. The van der Waals surface area contributed by atoms with Crippen LogP contribution in [-0.4, -0.2) is 40.0 Å².